The molecule has 0 aromatic carbocycles. The minimum atomic E-state index is 0.538. The molecular formula is C17H25N5. The summed E-state index contributed by atoms with van der Waals surface area (Å²) in [4.78, 5) is 13.6. The van der Waals surface area contributed by atoms with Crippen LogP contribution in [0.3, 0.4) is 0 Å². The predicted molar refractivity (Wildman–Crippen MR) is 89.1 cm³/mol. The van der Waals surface area contributed by atoms with Crippen LogP contribution in [0.15, 0.2) is 36.9 Å². The molecule has 5 nitrogen and oxygen atoms in total. The summed E-state index contributed by atoms with van der Waals surface area (Å²) in [7, 11) is 0. The number of rotatable bonds is 5. The first kappa shape index (κ1) is 15.0. The molecule has 0 spiro atoms. The summed E-state index contributed by atoms with van der Waals surface area (Å²) < 4.78 is 2.29. The summed E-state index contributed by atoms with van der Waals surface area (Å²) >= 11 is 0. The normalized spacial score (nSPS) is 17.6. The minimum absolute atomic E-state index is 0.538. The number of hydrogen-bond acceptors (Lipinski definition) is 4. The molecule has 0 amide bonds. The number of hydrogen-bond donors (Lipinski definition) is 0. The Bertz CT molecular complexity index is 572. The Hall–Kier alpha value is -1.88. The lowest BCUT2D eigenvalue weighted by atomic mass is 10.2. The van der Waals surface area contributed by atoms with Crippen LogP contribution in [0.1, 0.15) is 19.7 Å². The molecule has 0 saturated carbocycles. The van der Waals surface area contributed by atoms with Crippen LogP contribution in [0.2, 0.25) is 0 Å². The lowest BCUT2D eigenvalue weighted by Gasteiger charge is -2.39. The van der Waals surface area contributed by atoms with Crippen LogP contribution in [0.5, 0.6) is 0 Å². The molecular weight excluding hydrogens is 274 g/mol. The van der Waals surface area contributed by atoms with E-state index in [2.05, 4.69) is 50.4 Å². The van der Waals surface area contributed by atoms with Gasteiger partial charge in [0, 0.05) is 63.8 Å². The highest BCUT2D eigenvalue weighted by Gasteiger charge is 2.21. The maximum Gasteiger partial charge on any atom is 0.108 e. The first-order valence-electron chi connectivity index (χ1n) is 8.17. The summed E-state index contributed by atoms with van der Waals surface area (Å²) in [6, 6.07) is 4.69. The molecule has 5 heteroatoms. The van der Waals surface area contributed by atoms with E-state index in [1.54, 1.807) is 0 Å². The van der Waals surface area contributed by atoms with Crippen molar-refractivity contribution in [2.45, 2.75) is 32.9 Å². The van der Waals surface area contributed by atoms with Crippen molar-refractivity contribution < 1.29 is 0 Å². The van der Waals surface area contributed by atoms with Gasteiger partial charge in [0.25, 0.3) is 0 Å². The molecule has 1 saturated heterocycles. The van der Waals surface area contributed by atoms with Crippen LogP contribution in [-0.2, 0) is 13.0 Å². The van der Waals surface area contributed by atoms with Gasteiger partial charge in [-0.05, 0) is 19.1 Å². The molecule has 1 fully saturated rings. The monoisotopic (exact) mass is 299 g/mol. The number of aromatic nitrogens is 3. The van der Waals surface area contributed by atoms with E-state index in [9.17, 15) is 0 Å². The molecule has 0 radical (unpaired) electrons. The van der Waals surface area contributed by atoms with Crippen molar-refractivity contribution in [2.24, 2.45) is 0 Å². The predicted octanol–water partition coefficient (Wildman–Crippen LogP) is 2.05. The lowest BCUT2D eigenvalue weighted by Crippen LogP contribution is -2.50. The van der Waals surface area contributed by atoms with Crippen LogP contribution in [0, 0.1) is 0 Å². The largest absolute Gasteiger partial charge is 0.368 e. The molecule has 0 N–H and O–H groups in total. The molecule has 22 heavy (non-hydrogen) atoms. The summed E-state index contributed by atoms with van der Waals surface area (Å²) in [6.45, 7) is 9.85. The van der Waals surface area contributed by atoms with E-state index in [-0.39, 0.29) is 0 Å². The van der Waals surface area contributed by atoms with Gasteiger partial charge in [0.15, 0.2) is 0 Å². The Balaban J connectivity index is 1.55. The Morgan fingerprint density at radius 2 is 2.00 bits per heavy atom. The first-order valence-corrected chi connectivity index (χ1v) is 8.17. The van der Waals surface area contributed by atoms with Crippen LogP contribution in [0.25, 0.3) is 0 Å². The van der Waals surface area contributed by atoms with Crippen LogP contribution < -0.4 is 4.90 Å². The van der Waals surface area contributed by atoms with Crippen molar-refractivity contribution in [1.82, 2.24) is 19.4 Å². The lowest BCUT2D eigenvalue weighted by molar-refractivity contribution is 0.180. The zero-order valence-electron chi connectivity index (χ0n) is 13.5. The Kier molecular flexibility index (Phi) is 4.73. The third-order valence-electron chi connectivity index (χ3n) is 4.53. The second kappa shape index (κ2) is 6.92. The van der Waals surface area contributed by atoms with E-state index >= 15 is 0 Å². The maximum absolute atomic E-state index is 4.41. The summed E-state index contributed by atoms with van der Waals surface area (Å²) in [5.41, 5.74) is 1.23. The van der Waals surface area contributed by atoms with Crippen molar-refractivity contribution in [1.29, 1.82) is 0 Å². The van der Waals surface area contributed by atoms with Crippen molar-refractivity contribution in [3.8, 4) is 0 Å². The van der Waals surface area contributed by atoms with E-state index < -0.39 is 0 Å². The number of piperazine rings is 1. The fourth-order valence-corrected chi connectivity index (χ4v) is 3.18. The Morgan fingerprint density at radius 3 is 2.68 bits per heavy atom. The molecule has 3 heterocycles. The van der Waals surface area contributed by atoms with Gasteiger partial charge in [-0.25, -0.2) is 4.98 Å². The average Bonchev–Trinajstić information content (AvgIpc) is 3.03. The minimum Gasteiger partial charge on any atom is -0.368 e. The molecule has 1 unspecified atom stereocenters. The van der Waals surface area contributed by atoms with Crippen molar-refractivity contribution in [2.75, 3.05) is 31.1 Å². The van der Waals surface area contributed by atoms with Gasteiger partial charge >= 0.3 is 0 Å². The van der Waals surface area contributed by atoms with Crippen molar-refractivity contribution >= 4 is 5.69 Å². The molecule has 1 atom stereocenters. The fraction of sp³-hybridized carbons (Fsp3) is 0.529. The number of imidazole rings is 1. The third-order valence-corrected chi connectivity index (χ3v) is 4.53. The number of nitrogens with zero attached hydrogens (tertiary/aromatic N) is 5. The van der Waals surface area contributed by atoms with Gasteiger partial charge in [0.1, 0.15) is 5.82 Å². The zero-order chi connectivity index (χ0) is 15.4. The second-order valence-electron chi connectivity index (χ2n) is 5.93. The smallest absolute Gasteiger partial charge is 0.108 e. The van der Waals surface area contributed by atoms with Gasteiger partial charge in [-0.1, -0.05) is 6.92 Å². The molecule has 2 aromatic rings. The van der Waals surface area contributed by atoms with E-state index in [0.29, 0.717) is 6.04 Å². The molecule has 118 valence electrons. The Morgan fingerprint density at radius 1 is 1.18 bits per heavy atom. The molecule has 1 aliphatic rings. The van der Waals surface area contributed by atoms with Crippen molar-refractivity contribution in [3.63, 3.8) is 0 Å². The summed E-state index contributed by atoms with van der Waals surface area (Å²) in [6.07, 6.45) is 8.79. The van der Waals surface area contributed by atoms with E-state index in [1.807, 2.05) is 24.7 Å². The van der Waals surface area contributed by atoms with E-state index in [1.165, 1.54) is 11.5 Å². The SMILES string of the molecule is CCc1nccn1CC(C)N1CCN(c2cccnc2)CC1. The van der Waals surface area contributed by atoms with Crippen LogP contribution in [-0.4, -0.2) is 51.7 Å². The molecule has 2 aromatic heterocycles. The fourth-order valence-electron chi connectivity index (χ4n) is 3.18. The topological polar surface area (TPSA) is 37.2 Å². The van der Waals surface area contributed by atoms with Gasteiger partial charge in [0.05, 0.1) is 11.9 Å². The van der Waals surface area contributed by atoms with Gasteiger partial charge in [-0.2, -0.15) is 0 Å². The Labute approximate surface area is 132 Å². The number of anilines is 1. The standard InChI is InChI=1S/C17H25N5/c1-3-17-19-7-8-22(17)14-15(2)20-9-11-21(12-10-20)16-5-4-6-18-13-16/h4-8,13,15H,3,9-12,14H2,1-2H3. The van der Waals surface area contributed by atoms with E-state index in [4.69, 9.17) is 0 Å². The second-order valence-corrected chi connectivity index (χ2v) is 5.93. The van der Waals surface area contributed by atoms with Crippen molar-refractivity contribution in [3.05, 3.63) is 42.7 Å². The van der Waals surface area contributed by atoms with Gasteiger partial charge < -0.3 is 9.47 Å². The molecule has 0 bridgehead atoms. The molecule has 0 aliphatic carbocycles. The van der Waals surface area contributed by atoms with Gasteiger partial charge in [-0.3, -0.25) is 9.88 Å². The average molecular weight is 299 g/mol. The zero-order valence-corrected chi connectivity index (χ0v) is 13.5. The highest BCUT2D eigenvalue weighted by molar-refractivity contribution is 5.44. The van der Waals surface area contributed by atoms with Gasteiger partial charge in [-0.15, -0.1) is 0 Å². The summed E-state index contributed by atoms with van der Waals surface area (Å²) in [5, 5.41) is 0. The van der Waals surface area contributed by atoms with Gasteiger partial charge in [0.2, 0.25) is 0 Å². The maximum atomic E-state index is 4.41. The van der Waals surface area contributed by atoms with Crippen LogP contribution >= 0.6 is 0 Å². The first-order chi connectivity index (χ1) is 10.8. The van der Waals surface area contributed by atoms with E-state index in [0.717, 1.165) is 39.1 Å². The third kappa shape index (κ3) is 3.30. The highest BCUT2D eigenvalue weighted by Crippen LogP contribution is 2.16. The highest BCUT2D eigenvalue weighted by atomic mass is 15.3. The molecule has 3 rings (SSSR count). The quantitative estimate of drug-likeness (QED) is 0.847. The summed E-state index contributed by atoms with van der Waals surface area (Å²) in [5.74, 6) is 1.18. The van der Waals surface area contributed by atoms with Crippen LogP contribution in [0.4, 0.5) is 5.69 Å². The molecule has 1 aliphatic heterocycles. The number of aryl methyl sites for hydroxylation is 1. The number of pyridine rings is 1.